The van der Waals surface area contributed by atoms with E-state index in [9.17, 15) is 9.90 Å². The van der Waals surface area contributed by atoms with Gasteiger partial charge in [0.2, 0.25) is 5.95 Å². The molecule has 10 heteroatoms. The number of hydrogen-bond donors (Lipinski definition) is 3. The van der Waals surface area contributed by atoms with Crippen molar-refractivity contribution in [3.05, 3.63) is 65.0 Å². The fourth-order valence-electron chi connectivity index (χ4n) is 4.42. The Hall–Kier alpha value is -4.34. The van der Waals surface area contributed by atoms with Gasteiger partial charge in [0, 0.05) is 29.7 Å². The summed E-state index contributed by atoms with van der Waals surface area (Å²) in [5, 5.41) is 20.9. The summed E-state index contributed by atoms with van der Waals surface area (Å²) in [7, 11) is 1.66. The highest BCUT2D eigenvalue weighted by atomic mass is 16.5. The predicted molar refractivity (Wildman–Crippen MR) is 122 cm³/mol. The number of hydrogen-bond acceptors (Lipinski definition) is 7. The third kappa shape index (κ3) is 3.36. The summed E-state index contributed by atoms with van der Waals surface area (Å²) in [6.45, 7) is 1.83. The van der Waals surface area contributed by atoms with Crippen LogP contribution in [-0.2, 0) is 26.2 Å². The predicted octanol–water partition coefficient (Wildman–Crippen LogP) is 3.62. The van der Waals surface area contributed by atoms with E-state index in [0.29, 0.717) is 24.9 Å². The van der Waals surface area contributed by atoms with Crippen LogP contribution in [0.5, 0.6) is 5.75 Å². The molecule has 4 heterocycles. The van der Waals surface area contributed by atoms with Crippen molar-refractivity contribution in [2.24, 2.45) is 0 Å². The summed E-state index contributed by atoms with van der Waals surface area (Å²) in [6.07, 6.45) is 0.791. The highest BCUT2D eigenvalue weighted by molar-refractivity contribution is 5.83. The molecule has 0 saturated carbocycles. The van der Waals surface area contributed by atoms with Crippen LogP contribution in [0, 0.1) is 0 Å². The van der Waals surface area contributed by atoms with E-state index >= 15 is 0 Å². The number of carboxylic acid groups (broad SMARTS) is 1. The van der Waals surface area contributed by atoms with Gasteiger partial charge in [0.25, 0.3) is 0 Å². The quantitative estimate of drug-likeness (QED) is 0.438. The molecule has 2 aromatic carbocycles. The number of H-pyrrole nitrogens is 1. The van der Waals surface area contributed by atoms with Crippen molar-refractivity contribution < 1.29 is 14.6 Å². The van der Waals surface area contributed by atoms with Gasteiger partial charge in [0.1, 0.15) is 11.6 Å². The number of nitrogens with zero attached hydrogens (tertiary/aromatic N) is 5. The normalized spacial score (nSPS) is 14.5. The van der Waals surface area contributed by atoms with E-state index in [1.807, 2.05) is 30.3 Å². The van der Waals surface area contributed by atoms with Crippen molar-refractivity contribution >= 4 is 34.4 Å². The maximum atomic E-state index is 11.6. The van der Waals surface area contributed by atoms with Crippen molar-refractivity contribution in [2.45, 2.75) is 26.2 Å². The molecular formula is C23H21N7O3. The van der Waals surface area contributed by atoms with Gasteiger partial charge in [-0.05, 0) is 41.5 Å². The topological polar surface area (TPSA) is 119 Å². The Morgan fingerprint density at radius 3 is 2.82 bits per heavy atom. The second-order valence-electron chi connectivity index (χ2n) is 8.22. The van der Waals surface area contributed by atoms with Crippen LogP contribution in [0.1, 0.15) is 22.4 Å². The maximum absolute atomic E-state index is 11.6. The Morgan fingerprint density at radius 2 is 1.97 bits per heavy atom. The summed E-state index contributed by atoms with van der Waals surface area (Å²) in [4.78, 5) is 24.7. The fraction of sp³-hybridized carbons (Fsp3) is 0.217. The minimum Gasteiger partial charge on any atom is -0.497 e. The number of carbonyl (C=O) groups is 1. The van der Waals surface area contributed by atoms with E-state index in [1.165, 1.54) is 16.0 Å². The number of ether oxygens (including phenoxy) is 1. The number of methoxy groups -OCH3 is 1. The molecule has 0 unspecified atom stereocenters. The van der Waals surface area contributed by atoms with Crippen LogP contribution < -0.4 is 15.0 Å². The molecule has 6 rings (SSSR count). The van der Waals surface area contributed by atoms with Crippen LogP contribution in [0.4, 0.5) is 22.2 Å². The van der Waals surface area contributed by atoms with Crippen LogP contribution in [-0.4, -0.2) is 43.4 Å². The number of rotatable bonds is 4. The van der Waals surface area contributed by atoms with Gasteiger partial charge < -0.3 is 20.1 Å². The number of fused-ring (bicyclic) bond motifs is 3. The molecule has 0 spiro atoms. The monoisotopic (exact) mass is 443 g/mol. The molecule has 0 saturated heterocycles. The number of anilines is 3. The zero-order valence-corrected chi connectivity index (χ0v) is 17.9. The lowest BCUT2D eigenvalue weighted by atomic mass is 10.1. The Balaban J connectivity index is 1.37. The molecular weight excluding hydrogens is 422 g/mol. The van der Waals surface area contributed by atoms with Gasteiger partial charge in [-0.25, -0.2) is 9.78 Å². The second kappa shape index (κ2) is 7.37. The fourth-order valence-corrected chi connectivity index (χ4v) is 4.42. The summed E-state index contributed by atoms with van der Waals surface area (Å²) >= 11 is 0. The SMILES string of the molecule is COc1ccc2c(c1)CN(c1nc3c(c(Nc4ccc5[nH]ncc5c4)n1)CN(C(=O)O)C3)C2. The van der Waals surface area contributed by atoms with E-state index in [2.05, 4.69) is 26.5 Å². The minimum absolute atomic E-state index is 0.240. The molecule has 0 atom stereocenters. The molecule has 4 aromatic rings. The molecule has 1 amide bonds. The molecule has 0 fully saturated rings. The van der Waals surface area contributed by atoms with Crippen LogP contribution in [0.2, 0.25) is 0 Å². The largest absolute Gasteiger partial charge is 0.497 e. The summed E-state index contributed by atoms with van der Waals surface area (Å²) in [5.41, 5.74) is 5.68. The second-order valence-corrected chi connectivity index (χ2v) is 8.22. The third-order valence-corrected chi connectivity index (χ3v) is 6.16. The first-order valence-corrected chi connectivity index (χ1v) is 10.6. The minimum atomic E-state index is -0.971. The molecule has 33 heavy (non-hydrogen) atoms. The molecule has 2 aliphatic rings. The van der Waals surface area contributed by atoms with Gasteiger partial charge in [-0.1, -0.05) is 6.07 Å². The standard InChI is InChI=1S/C23H21N7O3/c1-33-17-4-2-13-9-29(10-15(13)7-17)22-26-20-12-30(23(31)32)11-18(20)21(27-22)25-16-3-5-19-14(6-16)8-24-28-19/h2-8H,9-12H2,1H3,(H,24,28)(H,31,32)(H,25,26,27). The van der Waals surface area contributed by atoms with Crippen molar-refractivity contribution in [3.8, 4) is 5.75 Å². The zero-order chi connectivity index (χ0) is 22.5. The van der Waals surface area contributed by atoms with Gasteiger partial charge in [-0.2, -0.15) is 10.1 Å². The molecule has 166 valence electrons. The number of aromatic amines is 1. The Labute approximate surface area is 188 Å². The average Bonchev–Trinajstić information content (AvgIpc) is 3.55. The molecule has 0 aliphatic carbocycles. The van der Waals surface area contributed by atoms with E-state index in [1.54, 1.807) is 13.3 Å². The molecule has 0 bridgehead atoms. The van der Waals surface area contributed by atoms with Crippen LogP contribution in [0.3, 0.4) is 0 Å². The van der Waals surface area contributed by atoms with Crippen molar-refractivity contribution in [1.82, 2.24) is 25.1 Å². The lowest BCUT2D eigenvalue weighted by Gasteiger charge is -2.18. The van der Waals surface area contributed by atoms with Gasteiger partial charge in [-0.15, -0.1) is 0 Å². The van der Waals surface area contributed by atoms with Crippen molar-refractivity contribution in [3.63, 3.8) is 0 Å². The van der Waals surface area contributed by atoms with Gasteiger partial charge in [-0.3, -0.25) is 10.00 Å². The van der Waals surface area contributed by atoms with Crippen molar-refractivity contribution in [1.29, 1.82) is 0 Å². The first-order valence-electron chi connectivity index (χ1n) is 10.6. The molecule has 2 aromatic heterocycles. The molecule has 2 aliphatic heterocycles. The van der Waals surface area contributed by atoms with Crippen LogP contribution in [0.25, 0.3) is 10.9 Å². The third-order valence-electron chi connectivity index (χ3n) is 6.16. The summed E-state index contributed by atoms with van der Waals surface area (Å²) < 4.78 is 5.36. The van der Waals surface area contributed by atoms with E-state index in [-0.39, 0.29) is 13.1 Å². The van der Waals surface area contributed by atoms with Crippen LogP contribution in [0.15, 0.2) is 42.6 Å². The van der Waals surface area contributed by atoms with Crippen LogP contribution >= 0.6 is 0 Å². The van der Waals surface area contributed by atoms with Gasteiger partial charge >= 0.3 is 6.09 Å². The van der Waals surface area contributed by atoms with Gasteiger partial charge in [0.15, 0.2) is 0 Å². The molecule has 3 N–H and O–H groups in total. The zero-order valence-electron chi connectivity index (χ0n) is 17.9. The van der Waals surface area contributed by atoms with E-state index in [4.69, 9.17) is 14.7 Å². The number of nitrogens with one attached hydrogen (secondary N) is 2. The Bertz CT molecular complexity index is 1400. The highest BCUT2D eigenvalue weighted by Crippen LogP contribution is 2.34. The summed E-state index contributed by atoms with van der Waals surface area (Å²) in [6, 6.07) is 11.9. The lowest BCUT2D eigenvalue weighted by Crippen LogP contribution is -2.22. The maximum Gasteiger partial charge on any atom is 0.407 e. The van der Waals surface area contributed by atoms with Crippen molar-refractivity contribution in [2.75, 3.05) is 17.3 Å². The average molecular weight is 443 g/mol. The smallest absolute Gasteiger partial charge is 0.407 e. The number of benzene rings is 2. The Morgan fingerprint density at radius 1 is 1.09 bits per heavy atom. The first-order chi connectivity index (χ1) is 16.1. The van der Waals surface area contributed by atoms with E-state index in [0.717, 1.165) is 33.6 Å². The van der Waals surface area contributed by atoms with Gasteiger partial charge in [0.05, 0.1) is 37.6 Å². The summed E-state index contributed by atoms with van der Waals surface area (Å²) in [5.74, 6) is 2.01. The first kappa shape index (κ1) is 19.4. The molecule has 10 nitrogen and oxygen atoms in total. The number of amides is 1. The lowest BCUT2D eigenvalue weighted by molar-refractivity contribution is 0.145. The molecule has 0 radical (unpaired) electrons. The Kier molecular flexibility index (Phi) is 4.32. The van der Waals surface area contributed by atoms with E-state index < -0.39 is 6.09 Å². The highest BCUT2D eigenvalue weighted by Gasteiger charge is 2.30. The number of aromatic nitrogens is 4.